The summed E-state index contributed by atoms with van der Waals surface area (Å²) in [5, 5.41) is 6.59. The maximum absolute atomic E-state index is 12.2. The first-order valence-corrected chi connectivity index (χ1v) is 6.37. The van der Waals surface area contributed by atoms with Crippen LogP contribution in [0.3, 0.4) is 0 Å². The molecule has 0 unspecified atom stereocenters. The van der Waals surface area contributed by atoms with Crippen LogP contribution in [0.4, 0.5) is 5.95 Å². The Kier molecular flexibility index (Phi) is 3.19. The van der Waals surface area contributed by atoms with Crippen molar-refractivity contribution in [3.05, 3.63) is 52.3 Å². The minimum Gasteiger partial charge on any atom is -0.292 e. The van der Waals surface area contributed by atoms with Gasteiger partial charge in [0.05, 0.1) is 6.20 Å². The van der Waals surface area contributed by atoms with Crippen LogP contribution >= 0.6 is 0 Å². The van der Waals surface area contributed by atoms with E-state index in [9.17, 15) is 9.59 Å². The number of nitrogens with zero attached hydrogens (tertiary/aromatic N) is 4. The molecule has 0 fully saturated rings. The average Bonchev–Trinajstić information content (AvgIpc) is 2.90. The zero-order chi connectivity index (χ0) is 14.8. The summed E-state index contributed by atoms with van der Waals surface area (Å²) in [7, 11) is 0. The Hall–Kier alpha value is -3.03. The molecular weight excluding hydrogens is 272 g/mol. The Morgan fingerprint density at radius 2 is 2.33 bits per heavy atom. The lowest BCUT2D eigenvalue weighted by atomic mass is 10.3. The van der Waals surface area contributed by atoms with Crippen molar-refractivity contribution in [3.63, 3.8) is 0 Å². The summed E-state index contributed by atoms with van der Waals surface area (Å²) in [6, 6.07) is 3.11. The van der Waals surface area contributed by atoms with Crippen LogP contribution in [0.5, 0.6) is 0 Å². The van der Waals surface area contributed by atoms with E-state index >= 15 is 0 Å². The van der Waals surface area contributed by atoms with Gasteiger partial charge in [-0.05, 0) is 12.5 Å². The Morgan fingerprint density at radius 1 is 1.48 bits per heavy atom. The molecule has 0 aromatic carbocycles. The third kappa shape index (κ3) is 2.50. The molecule has 21 heavy (non-hydrogen) atoms. The fraction of sp³-hybridized carbons (Fsp3) is 0.154. The molecule has 0 spiro atoms. The number of rotatable bonds is 3. The molecule has 8 nitrogen and oxygen atoms in total. The minimum absolute atomic E-state index is 0.111. The number of amides is 1. The fourth-order valence-corrected chi connectivity index (χ4v) is 1.91. The van der Waals surface area contributed by atoms with Gasteiger partial charge in [-0.3, -0.25) is 19.9 Å². The monoisotopic (exact) mass is 284 g/mol. The van der Waals surface area contributed by atoms with E-state index in [-0.39, 0.29) is 11.5 Å². The molecule has 0 aliphatic carbocycles. The topological polar surface area (TPSA) is 105 Å². The molecule has 0 saturated carbocycles. The van der Waals surface area contributed by atoms with Gasteiger partial charge < -0.3 is 0 Å². The largest absolute Gasteiger partial charge is 0.292 e. The smallest absolute Gasteiger partial charge is 0.263 e. The van der Waals surface area contributed by atoms with E-state index in [1.807, 2.05) is 6.92 Å². The zero-order valence-corrected chi connectivity index (χ0v) is 11.2. The fourth-order valence-electron chi connectivity index (χ4n) is 1.91. The molecule has 0 bridgehead atoms. The van der Waals surface area contributed by atoms with Crippen LogP contribution in [0.25, 0.3) is 5.65 Å². The molecule has 0 aliphatic rings. The van der Waals surface area contributed by atoms with Gasteiger partial charge in [0, 0.05) is 24.2 Å². The highest BCUT2D eigenvalue weighted by atomic mass is 16.2. The average molecular weight is 284 g/mol. The number of H-pyrrole nitrogens is 1. The molecule has 2 N–H and O–H groups in total. The van der Waals surface area contributed by atoms with Gasteiger partial charge in [-0.1, -0.05) is 6.92 Å². The summed E-state index contributed by atoms with van der Waals surface area (Å²) >= 11 is 0. The standard InChI is InChI=1S/C13H12N6O2/c1-2-8-6-10(20)17-13(16-8)18-12(21)9-7-15-19-5-3-4-14-11(9)19/h3-7H,2H2,1H3,(H2,16,17,18,20,21). The van der Waals surface area contributed by atoms with Crippen LogP contribution in [0.15, 0.2) is 35.5 Å². The van der Waals surface area contributed by atoms with Gasteiger partial charge in [-0.25, -0.2) is 14.5 Å². The molecule has 0 aliphatic heterocycles. The van der Waals surface area contributed by atoms with Gasteiger partial charge in [0.2, 0.25) is 5.95 Å². The number of aromatic nitrogens is 5. The highest BCUT2D eigenvalue weighted by molar-refractivity contribution is 6.07. The number of hydrogen-bond acceptors (Lipinski definition) is 5. The summed E-state index contributed by atoms with van der Waals surface area (Å²) in [6.45, 7) is 1.88. The Balaban J connectivity index is 1.93. The van der Waals surface area contributed by atoms with Crippen LogP contribution in [0, 0.1) is 0 Å². The molecule has 3 aromatic rings. The maximum Gasteiger partial charge on any atom is 0.263 e. The predicted octanol–water partition coefficient (Wildman–Crippen LogP) is 0.627. The van der Waals surface area contributed by atoms with E-state index in [1.165, 1.54) is 16.8 Å². The highest BCUT2D eigenvalue weighted by Crippen LogP contribution is 2.09. The number of carbonyl (C=O) groups excluding carboxylic acids is 1. The highest BCUT2D eigenvalue weighted by Gasteiger charge is 2.14. The number of anilines is 1. The first-order chi connectivity index (χ1) is 10.2. The molecule has 0 atom stereocenters. The van der Waals surface area contributed by atoms with Crippen molar-refractivity contribution in [2.45, 2.75) is 13.3 Å². The Morgan fingerprint density at radius 3 is 3.14 bits per heavy atom. The summed E-state index contributed by atoms with van der Waals surface area (Å²) in [5.41, 5.74) is 1.03. The normalized spacial score (nSPS) is 10.7. The van der Waals surface area contributed by atoms with Crippen molar-refractivity contribution in [1.29, 1.82) is 0 Å². The second-order valence-electron chi connectivity index (χ2n) is 4.34. The second kappa shape index (κ2) is 5.16. The van der Waals surface area contributed by atoms with Crippen LogP contribution in [-0.2, 0) is 6.42 Å². The lowest BCUT2D eigenvalue weighted by Crippen LogP contribution is -2.19. The molecule has 3 aromatic heterocycles. The number of fused-ring (bicyclic) bond motifs is 1. The van der Waals surface area contributed by atoms with Gasteiger partial charge in [-0.2, -0.15) is 5.10 Å². The molecule has 3 rings (SSSR count). The minimum atomic E-state index is -0.430. The predicted molar refractivity (Wildman–Crippen MR) is 75.2 cm³/mol. The third-order valence-corrected chi connectivity index (χ3v) is 2.91. The molecular formula is C13H12N6O2. The number of aryl methyl sites for hydroxylation is 1. The SMILES string of the molecule is CCc1cc(=O)[nH]c(NC(=O)c2cnn3cccnc23)n1. The summed E-state index contributed by atoms with van der Waals surface area (Å²) in [4.78, 5) is 34.4. The molecule has 8 heteroatoms. The molecule has 0 saturated heterocycles. The van der Waals surface area contributed by atoms with Crippen molar-refractivity contribution >= 4 is 17.5 Å². The Labute approximate surface area is 118 Å². The van der Waals surface area contributed by atoms with Crippen LogP contribution in [0.1, 0.15) is 23.0 Å². The van der Waals surface area contributed by atoms with Crippen molar-refractivity contribution in [2.24, 2.45) is 0 Å². The van der Waals surface area contributed by atoms with Gasteiger partial charge >= 0.3 is 0 Å². The van der Waals surface area contributed by atoms with E-state index in [2.05, 4.69) is 25.4 Å². The number of carbonyl (C=O) groups is 1. The van der Waals surface area contributed by atoms with E-state index < -0.39 is 5.91 Å². The van der Waals surface area contributed by atoms with Crippen LogP contribution in [0.2, 0.25) is 0 Å². The zero-order valence-electron chi connectivity index (χ0n) is 11.2. The second-order valence-corrected chi connectivity index (χ2v) is 4.34. The van der Waals surface area contributed by atoms with Crippen molar-refractivity contribution in [1.82, 2.24) is 24.6 Å². The summed E-state index contributed by atoms with van der Waals surface area (Å²) < 4.78 is 1.49. The van der Waals surface area contributed by atoms with Gasteiger partial charge in [0.15, 0.2) is 5.65 Å². The van der Waals surface area contributed by atoms with Gasteiger partial charge in [0.1, 0.15) is 5.56 Å². The van der Waals surface area contributed by atoms with Crippen molar-refractivity contribution < 1.29 is 4.79 Å². The molecule has 1 amide bonds. The number of hydrogen-bond donors (Lipinski definition) is 2. The molecule has 3 heterocycles. The van der Waals surface area contributed by atoms with E-state index in [4.69, 9.17) is 0 Å². The Bertz CT molecular complexity index is 866. The summed E-state index contributed by atoms with van der Waals surface area (Å²) in [6.07, 6.45) is 5.28. The summed E-state index contributed by atoms with van der Waals surface area (Å²) in [5.74, 6) is -0.320. The van der Waals surface area contributed by atoms with E-state index in [0.717, 1.165) is 0 Å². The first kappa shape index (κ1) is 13.0. The maximum atomic E-state index is 12.2. The number of aromatic amines is 1. The molecule has 0 radical (unpaired) electrons. The van der Waals surface area contributed by atoms with Crippen molar-refractivity contribution in [2.75, 3.05) is 5.32 Å². The quantitative estimate of drug-likeness (QED) is 0.733. The van der Waals surface area contributed by atoms with Gasteiger partial charge in [-0.15, -0.1) is 0 Å². The number of nitrogens with one attached hydrogen (secondary N) is 2. The lowest BCUT2D eigenvalue weighted by molar-refractivity contribution is 0.102. The van der Waals surface area contributed by atoms with Crippen LogP contribution in [-0.4, -0.2) is 30.5 Å². The third-order valence-electron chi connectivity index (χ3n) is 2.91. The first-order valence-electron chi connectivity index (χ1n) is 6.37. The van der Waals surface area contributed by atoms with E-state index in [1.54, 1.807) is 18.5 Å². The molecule has 106 valence electrons. The van der Waals surface area contributed by atoms with Crippen LogP contribution < -0.4 is 10.9 Å². The van der Waals surface area contributed by atoms with Crippen molar-refractivity contribution in [3.8, 4) is 0 Å². The van der Waals surface area contributed by atoms with E-state index in [0.29, 0.717) is 23.3 Å². The van der Waals surface area contributed by atoms with Gasteiger partial charge in [0.25, 0.3) is 11.5 Å². The lowest BCUT2D eigenvalue weighted by Gasteiger charge is -2.04.